The number of nitrogens with zero attached hydrogens (tertiary/aromatic N) is 3. The number of ether oxygens (including phenoxy) is 1. The zero-order valence-electron chi connectivity index (χ0n) is 11.3. The zero-order valence-corrected chi connectivity index (χ0v) is 11.3. The molecule has 1 aromatic carbocycles. The Morgan fingerprint density at radius 3 is 2.95 bits per heavy atom. The van der Waals surface area contributed by atoms with Gasteiger partial charge in [-0.05, 0) is 24.6 Å². The molecule has 0 atom stereocenters. The molecule has 0 unspecified atom stereocenters. The van der Waals surface area contributed by atoms with Gasteiger partial charge in [-0.25, -0.2) is 4.98 Å². The summed E-state index contributed by atoms with van der Waals surface area (Å²) in [6.45, 7) is 2.81. The van der Waals surface area contributed by atoms with Gasteiger partial charge in [0.15, 0.2) is 0 Å². The predicted octanol–water partition coefficient (Wildman–Crippen LogP) is 2.76. The molecule has 98 valence electrons. The van der Waals surface area contributed by atoms with E-state index in [1.807, 2.05) is 24.5 Å². The molecule has 1 aromatic heterocycles. The quantitative estimate of drug-likeness (QED) is 0.825. The monoisotopic (exact) mass is 255 g/mol. The van der Waals surface area contributed by atoms with Crippen LogP contribution in [0.4, 0.5) is 0 Å². The molecule has 0 fully saturated rings. The Kier molecular flexibility index (Phi) is 4.19. The molecule has 0 saturated heterocycles. The summed E-state index contributed by atoms with van der Waals surface area (Å²) < 4.78 is 7.45. The van der Waals surface area contributed by atoms with E-state index in [2.05, 4.69) is 22.5 Å². The second-order valence-corrected chi connectivity index (χ2v) is 4.36. The Morgan fingerprint density at radius 1 is 1.42 bits per heavy atom. The van der Waals surface area contributed by atoms with Crippen molar-refractivity contribution < 1.29 is 4.74 Å². The number of benzene rings is 1. The van der Waals surface area contributed by atoms with Crippen molar-refractivity contribution in [3.05, 3.63) is 47.5 Å². The Bertz CT molecular complexity index is 596. The summed E-state index contributed by atoms with van der Waals surface area (Å²) in [5.74, 6) is 1.86. The van der Waals surface area contributed by atoms with Gasteiger partial charge in [0.1, 0.15) is 11.6 Å². The number of hydrogen-bond donors (Lipinski definition) is 0. The van der Waals surface area contributed by atoms with Gasteiger partial charge in [-0.3, -0.25) is 0 Å². The van der Waals surface area contributed by atoms with Crippen LogP contribution in [0.2, 0.25) is 0 Å². The van der Waals surface area contributed by atoms with Crippen LogP contribution in [0.1, 0.15) is 30.3 Å². The summed E-state index contributed by atoms with van der Waals surface area (Å²) in [4.78, 5) is 4.36. The van der Waals surface area contributed by atoms with Crippen LogP contribution in [-0.4, -0.2) is 16.7 Å². The molecule has 0 aliphatic heterocycles. The van der Waals surface area contributed by atoms with E-state index in [0.29, 0.717) is 12.1 Å². The van der Waals surface area contributed by atoms with Gasteiger partial charge in [-0.2, -0.15) is 5.26 Å². The van der Waals surface area contributed by atoms with Crippen molar-refractivity contribution in [2.75, 3.05) is 7.11 Å². The zero-order chi connectivity index (χ0) is 13.7. The molecular formula is C15H17N3O. The Labute approximate surface area is 113 Å². The van der Waals surface area contributed by atoms with Crippen molar-refractivity contribution in [2.24, 2.45) is 0 Å². The van der Waals surface area contributed by atoms with Crippen LogP contribution in [0, 0.1) is 11.3 Å². The highest BCUT2D eigenvalue weighted by Gasteiger charge is 2.08. The van der Waals surface area contributed by atoms with E-state index in [9.17, 15) is 0 Å². The van der Waals surface area contributed by atoms with Gasteiger partial charge in [0.2, 0.25) is 0 Å². The lowest BCUT2D eigenvalue weighted by molar-refractivity contribution is 0.408. The van der Waals surface area contributed by atoms with E-state index in [0.717, 1.165) is 30.0 Å². The van der Waals surface area contributed by atoms with Crippen molar-refractivity contribution in [1.29, 1.82) is 5.26 Å². The summed E-state index contributed by atoms with van der Waals surface area (Å²) in [7, 11) is 1.64. The van der Waals surface area contributed by atoms with Crippen LogP contribution in [0.25, 0.3) is 0 Å². The third-order valence-corrected chi connectivity index (χ3v) is 3.03. The number of aromatic nitrogens is 2. The van der Waals surface area contributed by atoms with Crippen molar-refractivity contribution in [1.82, 2.24) is 9.55 Å². The summed E-state index contributed by atoms with van der Waals surface area (Å²) >= 11 is 0. The van der Waals surface area contributed by atoms with Crippen LogP contribution in [0.15, 0.2) is 30.6 Å². The predicted molar refractivity (Wildman–Crippen MR) is 73.0 cm³/mol. The highest BCUT2D eigenvalue weighted by Crippen LogP contribution is 2.21. The second kappa shape index (κ2) is 6.05. The number of hydrogen-bond acceptors (Lipinski definition) is 3. The summed E-state index contributed by atoms with van der Waals surface area (Å²) in [6, 6.07) is 7.63. The fraction of sp³-hybridized carbons (Fsp3) is 0.333. The molecule has 0 spiro atoms. The maximum absolute atomic E-state index is 8.98. The first-order valence-electron chi connectivity index (χ1n) is 6.35. The Morgan fingerprint density at radius 2 is 2.26 bits per heavy atom. The normalized spacial score (nSPS) is 10.2. The summed E-state index contributed by atoms with van der Waals surface area (Å²) in [5.41, 5.74) is 1.64. The van der Waals surface area contributed by atoms with E-state index in [1.54, 1.807) is 13.2 Å². The first-order valence-corrected chi connectivity index (χ1v) is 6.35. The lowest BCUT2D eigenvalue weighted by atomic mass is 10.1. The van der Waals surface area contributed by atoms with E-state index in [1.165, 1.54) is 0 Å². The number of aryl methyl sites for hydroxylation is 1. The third kappa shape index (κ3) is 2.94. The molecule has 0 aliphatic rings. The fourth-order valence-electron chi connectivity index (χ4n) is 2.09. The number of rotatable bonds is 5. The van der Waals surface area contributed by atoms with Crippen molar-refractivity contribution >= 4 is 0 Å². The average Bonchev–Trinajstić information content (AvgIpc) is 2.86. The van der Waals surface area contributed by atoms with Gasteiger partial charge >= 0.3 is 0 Å². The van der Waals surface area contributed by atoms with Gasteiger partial charge in [0, 0.05) is 24.4 Å². The van der Waals surface area contributed by atoms with Crippen LogP contribution in [0.3, 0.4) is 0 Å². The molecule has 4 nitrogen and oxygen atoms in total. The maximum Gasteiger partial charge on any atom is 0.123 e. The third-order valence-electron chi connectivity index (χ3n) is 3.03. The largest absolute Gasteiger partial charge is 0.496 e. The molecule has 2 aromatic rings. The minimum atomic E-state index is 0.646. The van der Waals surface area contributed by atoms with Crippen LogP contribution >= 0.6 is 0 Å². The highest BCUT2D eigenvalue weighted by atomic mass is 16.5. The van der Waals surface area contributed by atoms with Crippen LogP contribution in [0.5, 0.6) is 5.75 Å². The highest BCUT2D eigenvalue weighted by molar-refractivity contribution is 5.42. The topological polar surface area (TPSA) is 50.8 Å². The van der Waals surface area contributed by atoms with Crippen LogP contribution < -0.4 is 4.74 Å². The first kappa shape index (κ1) is 13.2. The molecule has 0 amide bonds. The van der Waals surface area contributed by atoms with Gasteiger partial charge in [0.05, 0.1) is 25.3 Å². The van der Waals surface area contributed by atoms with E-state index >= 15 is 0 Å². The van der Waals surface area contributed by atoms with E-state index < -0.39 is 0 Å². The van der Waals surface area contributed by atoms with Gasteiger partial charge < -0.3 is 9.30 Å². The van der Waals surface area contributed by atoms with Crippen molar-refractivity contribution in [3.8, 4) is 11.8 Å². The van der Waals surface area contributed by atoms with E-state index in [-0.39, 0.29) is 0 Å². The maximum atomic E-state index is 8.98. The number of imidazole rings is 1. The molecule has 0 saturated carbocycles. The molecule has 0 aliphatic carbocycles. The SMILES string of the molecule is CCCc1nccn1Cc1cc(C#N)ccc1OC. The molecule has 0 radical (unpaired) electrons. The van der Waals surface area contributed by atoms with E-state index in [4.69, 9.17) is 10.00 Å². The van der Waals surface area contributed by atoms with Crippen LogP contribution in [-0.2, 0) is 13.0 Å². The number of methoxy groups -OCH3 is 1. The molecule has 2 rings (SSSR count). The number of nitriles is 1. The Hall–Kier alpha value is -2.28. The van der Waals surface area contributed by atoms with Crippen molar-refractivity contribution in [3.63, 3.8) is 0 Å². The summed E-state index contributed by atoms with van der Waals surface area (Å²) in [5, 5.41) is 8.98. The fourth-order valence-corrected chi connectivity index (χ4v) is 2.09. The van der Waals surface area contributed by atoms with Gasteiger partial charge in [0.25, 0.3) is 0 Å². The summed E-state index contributed by atoms with van der Waals surface area (Å²) in [6.07, 6.45) is 5.79. The van der Waals surface area contributed by atoms with Gasteiger partial charge in [-0.15, -0.1) is 0 Å². The lowest BCUT2D eigenvalue weighted by Crippen LogP contribution is -2.06. The minimum Gasteiger partial charge on any atom is -0.496 e. The molecular weight excluding hydrogens is 238 g/mol. The smallest absolute Gasteiger partial charge is 0.123 e. The van der Waals surface area contributed by atoms with Crippen molar-refractivity contribution in [2.45, 2.75) is 26.3 Å². The molecule has 1 heterocycles. The molecule has 0 bridgehead atoms. The lowest BCUT2D eigenvalue weighted by Gasteiger charge is -2.11. The second-order valence-electron chi connectivity index (χ2n) is 4.36. The minimum absolute atomic E-state index is 0.646. The first-order chi connectivity index (χ1) is 9.28. The van der Waals surface area contributed by atoms with Gasteiger partial charge in [-0.1, -0.05) is 6.92 Å². The molecule has 4 heteroatoms. The Balaban J connectivity index is 2.31. The molecule has 19 heavy (non-hydrogen) atoms. The standard InChI is InChI=1S/C15H17N3O/c1-3-4-15-17-7-8-18(15)11-13-9-12(10-16)5-6-14(13)19-2/h5-9H,3-4,11H2,1-2H3. The molecule has 0 N–H and O–H groups in total. The average molecular weight is 255 g/mol.